The third-order valence-corrected chi connectivity index (χ3v) is 6.00. The number of allylic oxidation sites excluding steroid dienone is 5. The summed E-state index contributed by atoms with van der Waals surface area (Å²) < 4.78 is 4.45. The molecular weight excluding hydrogens is 510 g/mol. The van der Waals surface area contributed by atoms with Crippen molar-refractivity contribution in [1.82, 2.24) is 15.7 Å². The van der Waals surface area contributed by atoms with Gasteiger partial charge in [0.1, 0.15) is 18.3 Å². The summed E-state index contributed by atoms with van der Waals surface area (Å²) in [4.78, 5) is 31.3. The van der Waals surface area contributed by atoms with Crippen LogP contribution in [0.5, 0.6) is 0 Å². The lowest BCUT2D eigenvalue weighted by Crippen LogP contribution is -2.28. The van der Waals surface area contributed by atoms with Crippen LogP contribution in [0.3, 0.4) is 0 Å². The number of thioether (sulfide) groups is 1. The number of nitrogens with zero attached hydrogens (tertiary/aromatic N) is 2. The molecule has 0 saturated carbocycles. The number of ether oxygens (including phenoxy) is 1. The number of carbonyl (C=O) groups excluding carboxylic acids is 2. The van der Waals surface area contributed by atoms with Crippen molar-refractivity contribution in [2.24, 2.45) is 4.99 Å². The molecule has 3 rings (SSSR count). The van der Waals surface area contributed by atoms with Crippen LogP contribution in [-0.4, -0.2) is 42.0 Å². The fraction of sp³-hybridized carbons (Fsp3) is 0.259. The zero-order chi connectivity index (χ0) is 27.2. The maximum absolute atomic E-state index is 11.4. The molecule has 10 heteroatoms. The first-order valence-corrected chi connectivity index (χ1v) is 12.9. The smallest absolute Gasteiger partial charge is 0.238 e. The molecule has 2 heterocycles. The summed E-state index contributed by atoms with van der Waals surface area (Å²) in [5.41, 5.74) is 9.15. The number of methoxy groups -OCH3 is 1. The number of hydrogen-bond donors (Lipinski definition) is 3. The highest BCUT2D eigenvalue weighted by Gasteiger charge is 2.13. The average molecular weight is 542 g/mol. The normalized spacial score (nSPS) is 12.8. The fourth-order valence-corrected chi connectivity index (χ4v) is 4.09. The Morgan fingerprint density at radius 3 is 2.65 bits per heavy atom. The van der Waals surface area contributed by atoms with Crippen LogP contribution in [0.1, 0.15) is 32.8 Å². The number of fused-ring (bicyclic) bond motifs is 1. The molecule has 1 amide bonds. The minimum Gasteiger partial charge on any atom is -0.377 e. The summed E-state index contributed by atoms with van der Waals surface area (Å²) in [7, 11) is 1.50. The molecule has 0 saturated heterocycles. The minimum absolute atomic E-state index is 0.0671. The Hall–Kier alpha value is -3.40. The van der Waals surface area contributed by atoms with E-state index in [9.17, 15) is 9.59 Å². The number of pyridine rings is 1. The molecule has 2 aromatic rings. The number of amides is 1. The van der Waals surface area contributed by atoms with Crippen molar-refractivity contribution in [1.29, 1.82) is 0 Å². The van der Waals surface area contributed by atoms with Gasteiger partial charge in [0.2, 0.25) is 5.91 Å². The summed E-state index contributed by atoms with van der Waals surface area (Å²) in [6, 6.07) is 9.46. The van der Waals surface area contributed by atoms with Crippen molar-refractivity contribution >= 4 is 58.0 Å². The number of rotatable bonds is 9. The molecule has 0 aliphatic carbocycles. The van der Waals surface area contributed by atoms with Crippen LogP contribution in [0.2, 0.25) is 5.02 Å². The monoisotopic (exact) mass is 541 g/mol. The molecule has 1 aromatic heterocycles. The van der Waals surface area contributed by atoms with Gasteiger partial charge in [-0.1, -0.05) is 37.3 Å². The van der Waals surface area contributed by atoms with E-state index in [-0.39, 0.29) is 18.3 Å². The first-order valence-electron chi connectivity index (χ1n) is 11.5. The zero-order valence-electron chi connectivity index (χ0n) is 21.4. The van der Waals surface area contributed by atoms with Gasteiger partial charge in [-0.3, -0.25) is 20.4 Å². The predicted molar refractivity (Wildman–Crippen MR) is 153 cm³/mol. The SMILES string of the molecule is C=C/C(=C\C=C(/C)NC1=Nc2ccc(Cl)cc2SC1)c1ccnc(NNC(=O)CC)c1.COCC(C)=O. The third kappa shape index (κ3) is 10.6. The third-order valence-electron chi connectivity index (χ3n) is 4.71. The van der Waals surface area contributed by atoms with Gasteiger partial charge in [-0.05, 0) is 61.4 Å². The fourth-order valence-electron chi connectivity index (χ4n) is 2.95. The van der Waals surface area contributed by atoms with E-state index in [1.54, 1.807) is 31.0 Å². The molecule has 1 aromatic carbocycles. The molecule has 1 aliphatic heterocycles. The van der Waals surface area contributed by atoms with Gasteiger partial charge >= 0.3 is 0 Å². The Labute approximate surface area is 227 Å². The quantitative estimate of drug-likeness (QED) is 0.276. The van der Waals surface area contributed by atoms with Gasteiger partial charge in [-0.2, -0.15) is 0 Å². The second kappa shape index (κ2) is 15.7. The average Bonchev–Trinajstić information content (AvgIpc) is 2.88. The van der Waals surface area contributed by atoms with E-state index in [0.717, 1.165) is 44.0 Å². The molecule has 37 heavy (non-hydrogen) atoms. The summed E-state index contributed by atoms with van der Waals surface area (Å²) >= 11 is 7.76. The zero-order valence-corrected chi connectivity index (χ0v) is 23.0. The van der Waals surface area contributed by atoms with Crippen molar-refractivity contribution in [2.45, 2.75) is 32.1 Å². The predicted octanol–water partition coefficient (Wildman–Crippen LogP) is 5.71. The molecule has 0 fully saturated rings. The first-order chi connectivity index (χ1) is 17.7. The number of amidine groups is 1. The molecule has 8 nitrogen and oxygen atoms in total. The number of benzene rings is 1. The van der Waals surface area contributed by atoms with Crippen molar-refractivity contribution < 1.29 is 14.3 Å². The molecule has 0 unspecified atom stereocenters. The van der Waals surface area contributed by atoms with E-state index >= 15 is 0 Å². The van der Waals surface area contributed by atoms with E-state index in [1.165, 1.54) is 14.0 Å². The van der Waals surface area contributed by atoms with Crippen molar-refractivity contribution in [3.8, 4) is 0 Å². The highest BCUT2D eigenvalue weighted by molar-refractivity contribution is 8.00. The number of aromatic nitrogens is 1. The highest BCUT2D eigenvalue weighted by Crippen LogP contribution is 2.35. The number of nitrogens with one attached hydrogen (secondary N) is 3. The minimum atomic E-state index is -0.106. The number of carbonyl (C=O) groups is 2. The summed E-state index contributed by atoms with van der Waals surface area (Å²) in [5, 5.41) is 4.08. The van der Waals surface area contributed by atoms with E-state index in [1.807, 2.05) is 49.4 Å². The Morgan fingerprint density at radius 2 is 2.00 bits per heavy atom. The summed E-state index contributed by atoms with van der Waals surface area (Å²) in [6.07, 6.45) is 7.81. The second-order valence-corrected chi connectivity index (χ2v) is 9.31. The van der Waals surface area contributed by atoms with Gasteiger partial charge in [-0.25, -0.2) is 9.98 Å². The Kier molecular flexibility index (Phi) is 12.6. The van der Waals surface area contributed by atoms with Gasteiger partial charge in [0.05, 0.1) is 11.4 Å². The molecule has 196 valence electrons. The van der Waals surface area contributed by atoms with Gasteiger partial charge in [0.25, 0.3) is 0 Å². The van der Waals surface area contributed by atoms with Gasteiger partial charge in [0.15, 0.2) is 5.78 Å². The lowest BCUT2D eigenvalue weighted by molar-refractivity contribution is -0.121. The highest BCUT2D eigenvalue weighted by atomic mass is 35.5. The van der Waals surface area contributed by atoms with Crippen LogP contribution in [0.15, 0.2) is 76.9 Å². The van der Waals surface area contributed by atoms with Crippen LogP contribution in [0.25, 0.3) is 5.57 Å². The maximum Gasteiger partial charge on any atom is 0.238 e. The Morgan fingerprint density at radius 1 is 1.22 bits per heavy atom. The standard InChI is InChI=1S/C23H24ClN5OS.C4H8O2/c1-4-16(17-10-11-25-21(12-17)28-29-23(30)5-2)7-6-15(3)26-22-14-31-20-13-18(24)8-9-19(20)27-22;1-4(5)3-6-2/h4,6-13H,1,5,14H2,2-3H3,(H,25,28)(H,26,27)(H,29,30);3H2,1-2H3/b15-6+,16-7+;. The number of Topliss-reactive ketones (excluding diaryl/α,β-unsaturated/α-hetero) is 1. The van der Waals surface area contributed by atoms with Crippen LogP contribution in [-0.2, 0) is 14.3 Å². The molecule has 0 spiro atoms. The molecule has 3 N–H and O–H groups in total. The second-order valence-electron chi connectivity index (χ2n) is 7.85. The Bertz CT molecular complexity index is 1210. The largest absolute Gasteiger partial charge is 0.377 e. The lowest BCUT2D eigenvalue weighted by atomic mass is 10.1. The van der Waals surface area contributed by atoms with E-state index in [0.29, 0.717) is 12.2 Å². The van der Waals surface area contributed by atoms with Crippen molar-refractivity contribution in [3.63, 3.8) is 0 Å². The summed E-state index contributed by atoms with van der Waals surface area (Å²) in [6.45, 7) is 9.41. The maximum atomic E-state index is 11.4. The Balaban J connectivity index is 0.000000717. The summed E-state index contributed by atoms with van der Waals surface area (Å²) in [5.74, 6) is 2.16. The van der Waals surface area contributed by atoms with Gasteiger partial charge < -0.3 is 10.1 Å². The first kappa shape index (κ1) is 29.8. The molecular formula is C27H32ClN5O3S. The van der Waals surface area contributed by atoms with E-state index in [4.69, 9.17) is 11.6 Å². The number of hydrogen-bond acceptors (Lipinski definition) is 8. The van der Waals surface area contributed by atoms with E-state index in [2.05, 4.69) is 37.5 Å². The number of hydrazine groups is 1. The number of halogens is 1. The van der Waals surface area contributed by atoms with Gasteiger partial charge in [-0.15, -0.1) is 11.8 Å². The number of anilines is 1. The lowest BCUT2D eigenvalue weighted by Gasteiger charge is -2.16. The molecule has 0 atom stereocenters. The van der Waals surface area contributed by atoms with Crippen LogP contribution < -0.4 is 16.2 Å². The number of aliphatic imine (C=N–C) groups is 1. The molecule has 0 bridgehead atoms. The van der Waals surface area contributed by atoms with Crippen LogP contribution in [0.4, 0.5) is 11.5 Å². The topological polar surface area (TPSA) is 105 Å². The van der Waals surface area contributed by atoms with E-state index < -0.39 is 0 Å². The van der Waals surface area contributed by atoms with Crippen molar-refractivity contribution in [2.75, 3.05) is 24.9 Å². The molecule has 1 aliphatic rings. The molecule has 0 radical (unpaired) electrons. The van der Waals surface area contributed by atoms with Crippen LogP contribution in [0, 0.1) is 0 Å². The van der Waals surface area contributed by atoms with Crippen LogP contribution >= 0.6 is 23.4 Å². The number of ketones is 1. The van der Waals surface area contributed by atoms with Crippen molar-refractivity contribution in [3.05, 3.63) is 77.6 Å². The van der Waals surface area contributed by atoms with Gasteiger partial charge in [0, 0.05) is 35.3 Å².